The zero-order valence-corrected chi connectivity index (χ0v) is 11.1. The van der Waals surface area contributed by atoms with Gasteiger partial charge in [-0.05, 0) is 12.1 Å². The lowest BCUT2D eigenvalue weighted by atomic mass is 10.2. The summed E-state index contributed by atoms with van der Waals surface area (Å²) in [4.78, 5) is 8.01. The number of ether oxygens (including phenoxy) is 2. The maximum Gasteiger partial charge on any atom is 0.258 e. The maximum atomic E-state index is 9.77. The van der Waals surface area contributed by atoms with Crippen LogP contribution in [0.25, 0.3) is 0 Å². The number of aromatic nitrogens is 2. The number of nitrogens with one attached hydrogen (secondary N) is 1. The summed E-state index contributed by atoms with van der Waals surface area (Å²) < 4.78 is 10.0. The molecule has 7 heteroatoms. The largest absolute Gasteiger partial charge is 0.507 e. The van der Waals surface area contributed by atoms with Crippen LogP contribution >= 0.6 is 0 Å². The molecule has 104 valence electrons. The van der Waals surface area contributed by atoms with Gasteiger partial charge in [0, 0.05) is 24.0 Å². The lowest BCUT2D eigenvalue weighted by Gasteiger charge is -2.05. The van der Waals surface area contributed by atoms with E-state index in [0.717, 1.165) is 0 Å². The van der Waals surface area contributed by atoms with Gasteiger partial charge in [-0.3, -0.25) is 5.43 Å². The van der Waals surface area contributed by atoms with Gasteiger partial charge in [0.25, 0.3) is 5.88 Å². The maximum absolute atomic E-state index is 9.77. The van der Waals surface area contributed by atoms with Crippen molar-refractivity contribution in [3.05, 3.63) is 36.2 Å². The van der Waals surface area contributed by atoms with Gasteiger partial charge >= 0.3 is 0 Å². The van der Waals surface area contributed by atoms with Crippen molar-refractivity contribution < 1.29 is 14.6 Å². The Morgan fingerprint density at radius 2 is 2.00 bits per heavy atom. The molecule has 1 aromatic carbocycles. The molecule has 0 fully saturated rings. The lowest BCUT2D eigenvalue weighted by molar-refractivity contribution is 0.398. The van der Waals surface area contributed by atoms with Crippen LogP contribution in [0.5, 0.6) is 17.4 Å². The Bertz CT molecular complexity index is 616. The molecule has 0 atom stereocenters. The minimum atomic E-state index is 0.0704. The molecule has 0 amide bonds. The summed E-state index contributed by atoms with van der Waals surface area (Å²) in [7, 11) is 3.03. The summed E-state index contributed by atoms with van der Waals surface area (Å²) in [6.07, 6.45) is 4.50. The molecule has 0 aliphatic carbocycles. The SMILES string of the molecule is COc1ccc(C=NNc2nccnc2OC)c(O)c1. The quantitative estimate of drug-likeness (QED) is 0.636. The third-order valence-corrected chi connectivity index (χ3v) is 2.47. The van der Waals surface area contributed by atoms with E-state index in [1.807, 2.05) is 0 Å². The fraction of sp³-hybridized carbons (Fsp3) is 0.154. The van der Waals surface area contributed by atoms with Crippen LogP contribution in [0.4, 0.5) is 5.82 Å². The number of nitrogens with zero attached hydrogens (tertiary/aromatic N) is 3. The number of aromatic hydroxyl groups is 1. The van der Waals surface area contributed by atoms with Gasteiger partial charge in [0.05, 0.1) is 20.4 Å². The predicted molar refractivity (Wildman–Crippen MR) is 74.5 cm³/mol. The third kappa shape index (κ3) is 3.14. The molecule has 7 nitrogen and oxygen atoms in total. The number of phenols is 1. The van der Waals surface area contributed by atoms with E-state index < -0.39 is 0 Å². The van der Waals surface area contributed by atoms with Gasteiger partial charge in [-0.1, -0.05) is 0 Å². The van der Waals surface area contributed by atoms with Crippen molar-refractivity contribution >= 4 is 12.0 Å². The van der Waals surface area contributed by atoms with Crippen molar-refractivity contribution in [2.24, 2.45) is 5.10 Å². The standard InChI is InChI=1S/C13H14N4O3/c1-19-10-4-3-9(11(18)7-10)8-16-17-12-13(20-2)15-6-5-14-12/h3-8,18H,1-2H3,(H,14,17). The fourth-order valence-electron chi connectivity index (χ4n) is 1.47. The van der Waals surface area contributed by atoms with Crippen LogP contribution in [-0.4, -0.2) is 35.5 Å². The number of hydrazone groups is 1. The molecule has 2 aromatic rings. The number of anilines is 1. The van der Waals surface area contributed by atoms with Gasteiger partial charge in [0.2, 0.25) is 5.82 Å². The summed E-state index contributed by atoms with van der Waals surface area (Å²) in [5, 5.41) is 13.7. The van der Waals surface area contributed by atoms with Crippen LogP contribution in [-0.2, 0) is 0 Å². The summed E-state index contributed by atoms with van der Waals surface area (Å²) in [6, 6.07) is 4.92. The first-order chi connectivity index (χ1) is 9.74. The molecule has 20 heavy (non-hydrogen) atoms. The molecular formula is C13H14N4O3. The molecule has 2 N–H and O–H groups in total. The molecule has 0 aliphatic heterocycles. The average Bonchev–Trinajstić information content (AvgIpc) is 2.49. The third-order valence-electron chi connectivity index (χ3n) is 2.47. The van der Waals surface area contributed by atoms with Crippen LogP contribution in [0.1, 0.15) is 5.56 Å². The van der Waals surface area contributed by atoms with Crippen molar-refractivity contribution in [1.29, 1.82) is 0 Å². The second-order valence-corrected chi connectivity index (χ2v) is 3.71. The summed E-state index contributed by atoms with van der Waals surface area (Å²) in [5.41, 5.74) is 3.24. The highest BCUT2D eigenvalue weighted by atomic mass is 16.5. The Hall–Kier alpha value is -2.83. The molecule has 0 spiro atoms. The van der Waals surface area contributed by atoms with Gasteiger partial charge in [0.15, 0.2) is 0 Å². The summed E-state index contributed by atoms with van der Waals surface area (Å²) >= 11 is 0. The van der Waals surface area contributed by atoms with E-state index in [1.165, 1.54) is 38.9 Å². The number of methoxy groups -OCH3 is 2. The first-order valence-electron chi connectivity index (χ1n) is 5.75. The molecule has 2 rings (SSSR count). The normalized spacial score (nSPS) is 10.5. The Morgan fingerprint density at radius 3 is 2.70 bits per heavy atom. The number of rotatable bonds is 5. The van der Waals surface area contributed by atoms with Crippen LogP contribution in [0, 0.1) is 0 Å². The molecular weight excluding hydrogens is 260 g/mol. The summed E-state index contributed by atoms with van der Waals surface area (Å²) in [5.74, 6) is 1.37. The average molecular weight is 274 g/mol. The van der Waals surface area contributed by atoms with E-state index in [1.54, 1.807) is 12.1 Å². The second-order valence-electron chi connectivity index (χ2n) is 3.71. The fourth-order valence-corrected chi connectivity index (χ4v) is 1.47. The smallest absolute Gasteiger partial charge is 0.258 e. The van der Waals surface area contributed by atoms with Crippen LogP contribution in [0.2, 0.25) is 0 Å². The number of phenolic OH excluding ortho intramolecular Hbond substituents is 1. The molecule has 0 radical (unpaired) electrons. The molecule has 1 aromatic heterocycles. The van der Waals surface area contributed by atoms with E-state index in [9.17, 15) is 5.11 Å². The zero-order valence-electron chi connectivity index (χ0n) is 11.1. The van der Waals surface area contributed by atoms with Crippen molar-refractivity contribution in [3.8, 4) is 17.4 Å². The monoisotopic (exact) mass is 274 g/mol. The minimum Gasteiger partial charge on any atom is -0.507 e. The van der Waals surface area contributed by atoms with Crippen molar-refractivity contribution in [2.75, 3.05) is 19.6 Å². The Kier molecular flexibility index (Phi) is 4.33. The topological polar surface area (TPSA) is 88.9 Å². The van der Waals surface area contributed by atoms with E-state index in [-0.39, 0.29) is 5.75 Å². The second kappa shape index (κ2) is 6.37. The highest BCUT2D eigenvalue weighted by Crippen LogP contribution is 2.22. The van der Waals surface area contributed by atoms with E-state index in [0.29, 0.717) is 23.0 Å². The van der Waals surface area contributed by atoms with Crippen LogP contribution < -0.4 is 14.9 Å². The Labute approximate surface area is 115 Å². The summed E-state index contributed by atoms with van der Waals surface area (Å²) in [6.45, 7) is 0. The number of hydrogen-bond donors (Lipinski definition) is 2. The molecule has 0 bridgehead atoms. The number of hydrogen-bond acceptors (Lipinski definition) is 7. The van der Waals surface area contributed by atoms with Crippen LogP contribution in [0.15, 0.2) is 35.7 Å². The predicted octanol–water partition coefficient (Wildman–Crippen LogP) is 1.65. The van der Waals surface area contributed by atoms with Crippen molar-refractivity contribution in [1.82, 2.24) is 9.97 Å². The number of benzene rings is 1. The van der Waals surface area contributed by atoms with Gasteiger partial charge in [0.1, 0.15) is 11.5 Å². The first-order valence-corrected chi connectivity index (χ1v) is 5.75. The Balaban J connectivity index is 2.10. The highest BCUT2D eigenvalue weighted by Gasteiger charge is 2.03. The van der Waals surface area contributed by atoms with E-state index in [2.05, 4.69) is 20.5 Å². The van der Waals surface area contributed by atoms with Gasteiger partial charge in [-0.2, -0.15) is 5.10 Å². The molecule has 0 saturated carbocycles. The zero-order chi connectivity index (χ0) is 14.4. The molecule has 1 heterocycles. The van der Waals surface area contributed by atoms with E-state index >= 15 is 0 Å². The van der Waals surface area contributed by atoms with Crippen LogP contribution in [0.3, 0.4) is 0 Å². The van der Waals surface area contributed by atoms with Gasteiger partial charge < -0.3 is 14.6 Å². The van der Waals surface area contributed by atoms with Crippen molar-refractivity contribution in [3.63, 3.8) is 0 Å². The van der Waals surface area contributed by atoms with Crippen molar-refractivity contribution in [2.45, 2.75) is 0 Å². The molecule has 0 saturated heterocycles. The molecule has 0 unspecified atom stereocenters. The molecule has 0 aliphatic rings. The van der Waals surface area contributed by atoms with E-state index in [4.69, 9.17) is 9.47 Å². The highest BCUT2D eigenvalue weighted by molar-refractivity contribution is 5.84. The lowest BCUT2D eigenvalue weighted by Crippen LogP contribution is -1.98. The minimum absolute atomic E-state index is 0.0704. The first kappa shape index (κ1) is 13.6. The van der Waals surface area contributed by atoms with Gasteiger partial charge in [-0.15, -0.1) is 0 Å². The van der Waals surface area contributed by atoms with Gasteiger partial charge in [-0.25, -0.2) is 9.97 Å². The Morgan fingerprint density at radius 1 is 1.20 bits per heavy atom.